The van der Waals surface area contributed by atoms with Gasteiger partial charge in [0.2, 0.25) is 10.0 Å². The van der Waals surface area contributed by atoms with Gasteiger partial charge in [-0.1, -0.05) is 18.2 Å². The number of anilines is 1. The number of rotatable bonds is 6. The predicted molar refractivity (Wildman–Crippen MR) is 102 cm³/mol. The molecular weight excluding hydrogens is 352 g/mol. The van der Waals surface area contributed by atoms with Gasteiger partial charge in [0.25, 0.3) is 5.91 Å². The van der Waals surface area contributed by atoms with Crippen molar-refractivity contribution in [3.05, 3.63) is 53.1 Å². The minimum absolute atomic E-state index is 0.158. The second-order valence-corrected chi connectivity index (χ2v) is 8.47. The van der Waals surface area contributed by atoms with E-state index in [2.05, 4.69) is 5.32 Å². The highest BCUT2D eigenvalue weighted by atomic mass is 32.2. The summed E-state index contributed by atoms with van der Waals surface area (Å²) >= 11 is 0. The molecule has 0 unspecified atom stereocenters. The lowest BCUT2D eigenvalue weighted by atomic mass is 10.1. The minimum Gasteiger partial charge on any atom is -0.483 e. The van der Waals surface area contributed by atoms with E-state index in [4.69, 9.17) is 4.74 Å². The number of carbonyl (C=O) groups excluding carboxylic acids is 1. The van der Waals surface area contributed by atoms with Crippen molar-refractivity contribution >= 4 is 21.6 Å². The normalized spacial score (nSPS) is 11.5. The molecule has 0 bridgehead atoms. The van der Waals surface area contributed by atoms with Gasteiger partial charge in [0.15, 0.2) is 6.61 Å². The van der Waals surface area contributed by atoms with Gasteiger partial charge in [0.05, 0.1) is 4.90 Å². The molecule has 0 saturated heterocycles. The average molecular weight is 376 g/mol. The monoisotopic (exact) mass is 376 g/mol. The van der Waals surface area contributed by atoms with Gasteiger partial charge in [-0.15, -0.1) is 0 Å². The van der Waals surface area contributed by atoms with Gasteiger partial charge in [-0.25, -0.2) is 12.7 Å². The summed E-state index contributed by atoms with van der Waals surface area (Å²) in [7, 11) is -0.541. The van der Waals surface area contributed by atoms with Gasteiger partial charge in [0, 0.05) is 19.8 Å². The minimum atomic E-state index is -3.50. The SMILES string of the molecule is Cc1cc(S(=O)(=O)N(C)C)ccc1OCC(=O)Nc1c(C)cccc1C. The van der Waals surface area contributed by atoms with Gasteiger partial charge in [0.1, 0.15) is 5.75 Å². The Bertz CT molecular complexity index is 901. The zero-order valence-electron chi connectivity index (χ0n) is 15.7. The number of amides is 1. The lowest BCUT2D eigenvalue weighted by Crippen LogP contribution is -2.23. The Hall–Kier alpha value is -2.38. The van der Waals surface area contributed by atoms with Gasteiger partial charge in [-0.2, -0.15) is 0 Å². The number of aryl methyl sites for hydroxylation is 3. The number of para-hydroxylation sites is 1. The molecule has 2 aromatic rings. The molecular formula is C19H24N2O4S. The average Bonchev–Trinajstić information content (AvgIpc) is 2.57. The van der Waals surface area contributed by atoms with Crippen LogP contribution in [0.5, 0.6) is 5.75 Å². The van der Waals surface area contributed by atoms with Crippen molar-refractivity contribution in [2.45, 2.75) is 25.7 Å². The molecule has 1 N–H and O–H groups in total. The quantitative estimate of drug-likeness (QED) is 0.841. The first-order valence-corrected chi connectivity index (χ1v) is 9.59. The second kappa shape index (κ2) is 7.88. The van der Waals surface area contributed by atoms with Crippen molar-refractivity contribution in [3.8, 4) is 5.75 Å². The van der Waals surface area contributed by atoms with Gasteiger partial charge >= 0.3 is 0 Å². The van der Waals surface area contributed by atoms with Crippen molar-refractivity contribution in [2.24, 2.45) is 0 Å². The summed E-state index contributed by atoms with van der Waals surface area (Å²) in [6.07, 6.45) is 0. The molecule has 2 rings (SSSR count). The van der Waals surface area contributed by atoms with Gasteiger partial charge in [-0.05, 0) is 55.7 Å². The molecule has 7 heteroatoms. The Morgan fingerprint density at radius 2 is 1.65 bits per heavy atom. The van der Waals surface area contributed by atoms with E-state index in [0.717, 1.165) is 21.1 Å². The summed E-state index contributed by atoms with van der Waals surface area (Å²) in [6, 6.07) is 10.4. The van der Waals surface area contributed by atoms with Crippen LogP contribution in [0.25, 0.3) is 0 Å². The summed E-state index contributed by atoms with van der Waals surface area (Å²) in [5, 5.41) is 2.85. The maximum atomic E-state index is 12.2. The lowest BCUT2D eigenvalue weighted by molar-refractivity contribution is -0.118. The number of benzene rings is 2. The van der Waals surface area contributed by atoms with Crippen LogP contribution in [-0.2, 0) is 14.8 Å². The molecule has 0 spiro atoms. The number of nitrogens with one attached hydrogen (secondary N) is 1. The number of sulfonamides is 1. The summed E-state index contributed by atoms with van der Waals surface area (Å²) in [5.74, 6) is 0.200. The lowest BCUT2D eigenvalue weighted by Gasteiger charge is -2.15. The molecule has 0 saturated carbocycles. The second-order valence-electron chi connectivity index (χ2n) is 6.32. The van der Waals surface area contributed by atoms with E-state index < -0.39 is 10.0 Å². The zero-order valence-corrected chi connectivity index (χ0v) is 16.5. The fourth-order valence-corrected chi connectivity index (χ4v) is 3.47. The van der Waals surface area contributed by atoms with Crippen LogP contribution in [0, 0.1) is 20.8 Å². The summed E-state index contributed by atoms with van der Waals surface area (Å²) in [6.45, 7) is 5.44. The third kappa shape index (κ3) is 4.42. The van der Waals surface area contributed by atoms with Gasteiger partial charge in [-0.3, -0.25) is 4.79 Å². The highest BCUT2D eigenvalue weighted by molar-refractivity contribution is 7.89. The van der Waals surface area contributed by atoms with E-state index in [1.54, 1.807) is 13.0 Å². The Morgan fingerprint density at radius 1 is 1.04 bits per heavy atom. The molecule has 0 atom stereocenters. The molecule has 0 heterocycles. The molecule has 140 valence electrons. The fourth-order valence-electron chi connectivity index (χ4n) is 2.49. The molecule has 0 aliphatic heterocycles. The van der Waals surface area contributed by atoms with Crippen molar-refractivity contribution in [3.63, 3.8) is 0 Å². The number of carbonyl (C=O) groups is 1. The maximum Gasteiger partial charge on any atom is 0.262 e. The summed E-state index contributed by atoms with van der Waals surface area (Å²) in [4.78, 5) is 12.4. The Morgan fingerprint density at radius 3 is 2.19 bits per heavy atom. The van der Waals surface area contributed by atoms with E-state index in [1.807, 2.05) is 32.0 Å². The highest BCUT2D eigenvalue weighted by Crippen LogP contribution is 2.23. The smallest absolute Gasteiger partial charge is 0.262 e. The van der Waals surface area contributed by atoms with Crippen LogP contribution in [-0.4, -0.2) is 39.3 Å². The zero-order chi connectivity index (χ0) is 19.5. The number of hydrogen-bond acceptors (Lipinski definition) is 4. The third-order valence-electron chi connectivity index (χ3n) is 4.03. The Labute approximate surface area is 154 Å². The van der Waals surface area contributed by atoms with Crippen molar-refractivity contribution in [1.29, 1.82) is 0 Å². The van der Waals surface area contributed by atoms with Crippen LogP contribution in [0.4, 0.5) is 5.69 Å². The topological polar surface area (TPSA) is 75.7 Å². The molecule has 0 aromatic heterocycles. The van der Waals surface area contributed by atoms with E-state index in [9.17, 15) is 13.2 Å². The molecule has 0 fully saturated rings. The predicted octanol–water partition coefficient (Wildman–Crippen LogP) is 2.88. The molecule has 6 nitrogen and oxygen atoms in total. The highest BCUT2D eigenvalue weighted by Gasteiger charge is 2.18. The van der Waals surface area contributed by atoms with Gasteiger partial charge < -0.3 is 10.1 Å². The maximum absolute atomic E-state index is 12.2. The van der Waals surface area contributed by atoms with Crippen molar-refractivity contribution < 1.29 is 17.9 Å². The van der Waals surface area contributed by atoms with E-state index in [0.29, 0.717) is 11.3 Å². The first kappa shape index (κ1) is 19.9. The molecule has 2 aromatic carbocycles. The van der Waals surface area contributed by atoms with Crippen molar-refractivity contribution in [1.82, 2.24) is 4.31 Å². The molecule has 26 heavy (non-hydrogen) atoms. The van der Waals surface area contributed by atoms with Crippen LogP contribution in [0.1, 0.15) is 16.7 Å². The van der Waals surface area contributed by atoms with E-state index >= 15 is 0 Å². The Kier molecular flexibility index (Phi) is 6.05. The van der Waals surface area contributed by atoms with E-state index in [1.165, 1.54) is 26.2 Å². The number of nitrogens with zero attached hydrogens (tertiary/aromatic N) is 1. The summed E-state index contributed by atoms with van der Waals surface area (Å²) < 4.78 is 31.0. The van der Waals surface area contributed by atoms with Crippen LogP contribution < -0.4 is 10.1 Å². The van der Waals surface area contributed by atoms with Crippen LogP contribution in [0.3, 0.4) is 0 Å². The number of ether oxygens (including phenoxy) is 1. The largest absolute Gasteiger partial charge is 0.483 e. The Balaban J connectivity index is 2.07. The van der Waals surface area contributed by atoms with Crippen LogP contribution >= 0.6 is 0 Å². The first-order chi connectivity index (χ1) is 12.1. The number of hydrogen-bond donors (Lipinski definition) is 1. The van der Waals surface area contributed by atoms with E-state index in [-0.39, 0.29) is 17.4 Å². The molecule has 1 amide bonds. The molecule has 0 aliphatic carbocycles. The summed E-state index contributed by atoms with van der Waals surface area (Å²) in [5.41, 5.74) is 3.39. The third-order valence-corrected chi connectivity index (χ3v) is 5.84. The first-order valence-electron chi connectivity index (χ1n) is 8.15. The molecule has 0 aliphatic rings. The fraction of sp³-hybridized carbons (Fsp3) is 0.316. The standard InChI is InChI=1S/C19H24N2O4S/c1-13-7-6-8-14(2)19(13)20-18(22)12-25-17-10-9-16(11-15(17)3)26(23,24)21(4)5/h6-11H,12H2,1-5H3,(H,20,22). The molecule has 0 radical (unpaired) electrons. The van der Waals surface area contributed by atoms with Crippen LogP contribution in [0.2, 0.25) is 0 Å². The van der Waals surface area contributed by atoms with Crippen molar-refractivity contribution in [2.75, 3.05) is 26.0 Å². The van der Waals surface area contributed by atoms with Crippen LogP contribution in [0.15, 0.2) is 41.3 Å².